The van der Waals surface area contributed by atoms with Gasteiger partial charge in [0.1, 0.15) is 0 Å². The van der Waals surface area contributed by atoms with Crippen molar-refractivity contribution < 1.29 is 0 Å². The fourth-order valence-electron chi connectivity index (χ4n) is 1.07. The molecule has 0 bridgehead atoms. The normalized spacial score (nSPS) is 11.6. The Balaban J connectivity index is 2.57. The van der Waals surface area contributed by atoms with Crippen molar-refractivity contribution in [3.05, 3.63) is 66.9 Å². The second-order valence-corrected chi connectivity index (χ2v) is 2.96. The minimum absolute atomic E-state index is 1.10. The molecular formula is C13H15N. The third kappa shape index (κ3) is 3.76. The summed E-state index contributed by atoms with van der Waals surface area (Å²) < 4.78 is 0. The predicted octanol–water partition coefficient (Wildman–Crippen LogP) is 3.74. The SMILES string of the molecule is C=C/C=C\C=C(/C)Nc1ccccc1. The van der Waals surface area contributed by atoms with Crippen LogP contribution in [-0.2, 0) is 0 Å². The van der Waals surface area contributed by atoms with Gasteiger partial charge in [0.15, 0.2) is 0 Å². The maximum absolute atomic E-state index is 3.61. The molecule has 0 radical (unpaired) electrons. The van der Waals surface area contributed by atoms with Crippen molar-refractivity contribution >= 4 is 5.69 Å². The Kier molecular flexibility index (Phi) is 4.29. The van der Waals surface area contributed by atoms with E-state index in [-0.39, 0.29) is 0 Å². The van der Waals surface area contributed by atoms with Crippen LogP contribution in [0.2, 0.25) is 0 Å². The second kappa shape index (κ2) is 5.81. The van der Waals surface area contributed by atoms with Gasteiger partial charge >= 0.3 is 0 Å². The average molecular weight is 185 g/mol. The van der Waals surface area contributed by atoms with Gasteiger partial charge in [-0.1, -0.05) is 43.0 Å². The van der Waals surface area contributed by atoms with Crippen molar-refractivity contribution in [1.82, 2.24) is 0 Å². The molecule has 0 aliphatic carbocycles. The standard InChI is InChI=1S/C13H15N/c1-3-4-6-9-12(2)14-13-10-7-5-8-11-13/h3-11,14H,1H2,2H3/b6-4-,12-9+. The highest BCUT2D eigenvalue weighted by Crippen LogP contribution is 2.08. The molecule has 1 heteroatoms. The molecule has 14 heavy (non-hydrogen) atoms. The molecule has 1 N–H and O–H groups in total. The third-order valence-electron chi connectivity index (χ3n) is 1.71. The van der Waals surface area contributed by atoms with Gasteiger partial charge < -0.3 is 5.32 Å². The van der Waals surface area contributed by atoms with Gasteiger partial charge in [0.25, 0.3) is 0 Å². The Hall–Kier alpha value is -1.76. The van der Waals surface area contributed by atoms with E-state index in [0.717, 1.165) is 11.4 Å². The van der Waals surface area contributed by atoms with E-state index in [9.17, 15) is 0 Å². The van der Waals surface area contributed by atoms with Crippen LogP contribution in [-0.4, -0.2) is 0 Å². The molecule has 0 aliphatic heterocycles. The third-order valence-corrected chi connectivity index (χ3v) is 1.71. The van der Waals surface area contributed by atoms with Gasteiger partial charge in [-0.15, -0.1) is 0 Å². The summed E-state index contributed by atoms with van der Waals surface area (Å²) in [4.78, 5) is 0. The minimum Gasteiger partial charge on any atom is -0.359 e. The number of hydrogen-bond acceptors (Lipinski definition) is 1. The van der Waals surface area contributed by atoms with Gasteiger partial charge in [-0.25, -0.2) is 0 Å². The van der Waals surface area contributed by atoms with E-state index in [2.05, 4.69) is 11.9 Å². The molecule has 0 spiro atoms. The fraction of sp³-hybridized carbons (Fsp3) is 0.0769. The quantitative estimate of drug-likeness (QED) is 0.704. The summed E-state index contributed by atoms with van der Waals surface area (Å²) in [6.07, 6.45) is 7.62. The molecule has 1 aromatic rings. The van der Waals surface area contributed by atoms with Crippen LogP contribution in [0.15, 0.2) is 66.9 Å². The van der Waals surface area contributed by atoms with Gasteiger partial charge in [0.05, 0.1) is 0 Å². The number of allylic oxidation sites excluding steroid dienone is 5. The fourth-order valence-corrected chi connectivity index (χ4v) is 1.07. The topological polar surface area (TPSA) is 12.0 Å². The second-order valence-electron chi connectivity index (χ2n) is 2.96. The summed E-state index contributed by atoms with van der Waals surface area (Å²) in [5.41, 5.74) is 2.21. The van der Waals surface area contributed by atoms with Gasteiger partial charge in [-0.3, -0.25) is 0 Å². The summed E-state index contributed by atoms with van der Waals surface area (Å²) in [5.74, 6) is 0. The Morgan fingerprint density at radius 3 is 2.57 bits per heavy atom. The maximum atomic E-state index is 3.61. The lowest BCUT2D eigenvalue weighted by Gasteiger charge is -2.04. The first kappa shape index (κ1) is 10.3. The zero-order valence-corrected chi connectivity index (χ0v) is 8.40. The van der Waals surface area contributed by atoms with Crippen molar-refractivity contribution in [2.75, 3.05) is 5.32 Å². The first-order valence-corrected chi connectivity index (χ1v) is 4.61. The molecule has 1 rings (SSSR count). The van der Waals surface area contributed by atoms with Gasteiger partial charge in [-0.2, -0.15) is 0 Å². The largest absolute Gasteiger partial charge is 0.359 e. The summed E-state index contributed by atoms with van der Waals surface area (Å²) in [7, 11) is 0. The number of anilines is 1. The van der Waals surface area contributed by atoms with Crippen molar-refractivity contribution in [2.24, 2.45) is 0 Å². The molecule has 1 aromatic carbocycles. The highest BCUT2D eigenvalue weighted by atomic mass is 14.9. The van der Waals surface area contributed by atoms with E-state index in [1.54, 1.807) is 6.08 Å². The maximum Gasteiger partial charge on any atom is 0.0381 e. The van der Waals surface area contributed by atoms with E-state index in [4.69, 9.17) is 0 Å². The van der Waals surface area contributed by atoms with Crippen LogP contribution in [0.5, 0.6) is 0 Å². The van der Waals surface area contributed by atoms with Crippen molar-refractivity contribution in [3.8, 4) is 0 Å². The lowest BCUT2D eigenvalue weighted by Crippen LogP contribution is -1.93. The van der Waals surface area contributed by atoms with Crippen LogP contribution >= 0.6 is 0 Å². The Bertz CT molecular complexity index is 334. The number of benzene rings is 1. The van der Waals surface area contributed by atoms with E-state index >= 15 is 0 Å². The van der Waals surface area contributed by atoms with Crippen molar-refractivity contribution in [2.45, 2.75) is 6.92 Å². The van der Waals surface area contributed by atoms with E-state index in [1.165, 1.54) is 0 Å². The molecule has 0 unspecified atom stereocenters. The molecule has 0 fully saturated rings. The molecular weight excluding hydrogens is 170 g/mol. The van der Waals surface area contributed by atoms with Gasteiger partial charge in [0, 0.05) is 11.4 Å². The van der Waals surface area contributed by atoms with E-state index in [1.807, 2.05) is 55.5 Å². The van der Waals surface area contributed by atoms with Gasteiger partial charge in [0.2, 0.25) is 0 Å². The zero-order valence-electron chi connectivity index (χ0n) is 8.40. The van der Waals surface area contributed by atoms with Crippen LogP contribution in [0.3, 0.4) is 0 Å². The number of nitrogens with one attached hydrogen (secondary N) is 1. The first-order valence-electron chi connectivity index (χ1n) is 4.61. The molecule has 0 amide bonds. The number of para-hydroxylation sites is 1. The first-order chi connectivity index (χ1) is 6.83. The number of hydrogen-bond donors (Lipinski definition) is 1. The monoisotopic (exact) mass is 185 g/mol. The molecule has 0 saturated heterocycles. The van der Waals surface area contributed by atoms with Crippen molar-refractivity contribution in [3.63, 3.8) is 0 Å². The smallest absolute Gasteiger partial charge is 0.0381 e. The summed E-state index contributed by atoms with van der Waals surface area (Å²) in [6, 6.07) is 10.1. The summed E-state index contributed by atoms with van der Waals surface area (Å²) >= 11 is 0. The van der Waals surface area contributed by atoms with Crippen LogP contribution in [0.4, 0.5) is 5.69 Å². The Morgan fingerprint density at radius 2 is 1.93 bits per heavy atom. The predicted molar refractivity (Wildman–Crippen MR) is 63.2 cm³/mol. The zero-order chi connectivity index (χ0) is 10.2. The lowest BCUT2D eigenvalue weighted by atomic mass is 10.3. The van der Waals surface area contributed by atoms with Crippen LogP contribution in [0.1, 0.15) is 6.92 Å². The highest BCUT2D eigenvalue weighted by molar-refractivity contribution is 5.47. The molecule has 0 aliphatic rings. The van der Waals surface area contributed by atoms with Crippen molar-refractivity contribution in [1.29, 1.82) is 0 Å². The minimum atomic E-state index is 1.10. The molecule has 0 saturated carbocycles. The van der Waals surface area contributed by atoms with Gasteiger partial charge in [-0.05, 0) is 25.1 Å². The average Bonchev–Trinajstić information content (AvgIpc) is 2.20. The molecule has 1 nitrogen and oxygen atoms in total. The van der Waals surface area contributed by atoms with Crippen LogP contribution < -0.4 is 5.32 Å². The molecule has 0 atom stereocenters. The van der Waals surface area contributed by atoms with E-state index < -0.39 is 0 Å². The number of rotatable bonds is 4. The Morgan fingerprint density at radius 1 is 1.21 bits per heavy atom. The highest BCUT2D eigenvalue weighted by Gasteiger charge is 1.88. The molecule has 0 heterocycles. The summed E-state index contributed by atoms with van der Waals surface area (Å²) in [6.45, 7) is 5.63. The summed E-state index contributed by atoms with van der Waals surface area (Å²) in [5, 5.41) is 3.28. The lowest BCUT2D eigenvalue weighted by molar-refractivity contribution is 1.38. The van der Waals surface area contributed by atoms with Crippen LogP contribution in [0, 0.1) is 0 Å². The van der Waals surface area contributed by atoms with Crippen LogP contribution in [0.25, 0.3) is 0 Å². The molecule has 72 valence electrons. The Labute approximate surface area is 85.5 Å². The molecule has 0 aromatic heterocycles. The van der Waals surface area contributed by atoms with E-state index in [0.29, 0.717) is 0 Å².